The van der Waals surface area contributed by atoms with E-state index in [0.29, 0.717) is 11.5 Å². The molecule has 1 aromatic carbocycles. The third kappa shape index (κ3) is 4.13. The van der Waals surface area contributed by atoms with E-state index >= 15 is 0 Å². The molecular weight excluding hydrogens is 322 g/mol. The van der Waals surface area contributed by atoms with E-state index in [1.54, 1.807) is 0 Å². The molecule has 19 heavy (non-hydrogen) atoms. The van der Waals surface area contributed by atoms with Crippen LogP contribution in [0.25, 0.3) is 0 Å². The van der Waals surface area contributed by atoms with E-state index in [-0.39, 0.29) is 0 Å². The summed E-state index contributed by atoms with van der Waals surface area (Å²) in [6.45, 7) is 7.07. The second-order valence-electron chi connectivity index (χ2n) is 6.68. The Bertz CT molecular complexity index is 431. The topological polar surface area (TPSA) is 12.0 Å². The number of nitrogens with one attached hydrogen (secondary N) is 1. The summed E-state index contributed by atoms with van der Waals surface area (Å²) in [5, 5.41) is 4.39. The highest BCUT2D eigenvalue weighted by molar-refractivity contribution is 9.10. The van der Waals surface area contributed by atoms with Gasteiger partial charge in [-0.25, -0.2) is 0 Å². The Hall–Kier alpha value is -0.210. The second-order valence-corrected chi connectivity index (χ2v) is 8.01. The molecule has 1 aliphatic rings. The summed E-state index contributed by atoms with van der Waals surface area (Å²) in [6, 6.07) is 6.61. The lowest BCUT2D eigenvalue weighted by Crippen LogP contribution is -2.31. The Morgan fingerprint density at radius 1 is 1.16 bits per heavy atom. The molecular formula is C16H23BrClN. The lowest BCUT2D eigenvalue weighted by molar-refractivity contribution is 0.173. The molecule has 0 unspecified atom stereocenters. The van der Waals surface area contributed by atoms with Gasteiger partial charge in [-0.1, -0.05) is 48.3 Å². The molecule has 1 fully saturated rings. The van der Waals surface area contributed by atoms with Crippen LogP contribution in [-0.2, 0) is 0 Å². The Morgan fingerprint density at radius 2 is 1.79 bits per heavy atom. The highest BCUT2D eigenvalue weighted by Gasteiger charge is 2.29. The van der Waals surface area contributed by atoms with Crippen LogP contribution in [0.4, 0.5) is 5.69 Å². The summed E-state index contributed by atoms with van der Waals surface area (Å²) in [7, 11) is 0. The van der Waals surface area contributed by atoms with E-state index in [4.69, 9.17) is 11.6 Å². The largest absolute Gasteiger partial charge is 0.381 e. The number of hydrogen-bond acceptors (Lipinski definition) is 1. The summed E-state index contributed by atoms with van der Waals surface area (Å²) in [6.07, 6.45) is 5.12. The highest BCUT2D eigenvalue weighted by Crippen LogP contribution is 2.39. The lowest BCUT2D eigenvalue weighted by Gasteiger charge is -2.37. The van der Waals surface area contributed by atoms with Crippen LogP contribution < -0.4 is 5.32 Å². The van der Waals surface area contributed by atoms with Crippen LogP contribution in [0.2, 0.25) is 5.02 Å². The van der Waals surface area contributed by atoms with Crippen molar-refractivity contribution in [2.75, 3.05) is 5.32 Å². The van der Waals surface area contributed by atoms with Gasteiger partial charge in [0.1, 0.15) is 0 Å². The zero-order valence-electron chi connectivity index (χ0n) is 12.0. The van der Waals surface area contributed by atoms with Gasteiger partial charge in [0.05, 0.1) is 10.7 Å². The quantitative estimate of drug-likeness (QED) is 0.681. The molecule has 0 amide bonds. The minimum atomic E-state index is 0.445. The minimum absolute atomic E-state index is 0.445. The number of benzene rings is 1. The molecule has 1 N–H and O–H groups in total. The molecule has 2 rings (SSSR count). The number of rotatable bonds is 2. The summed E-state index contributed by atoms with van der Waals surface area (Å²) < 4.78 is 1.03. The molecule has 3 heteroatoms. The normalized spacial score (nSPS) is 24.3. The van der Waals surface area contributed by atoms with Crippen molar-refractivity contribution in [1.29, 1.82) is 0 Å². The van der Waals surface area contributed by atoms with Crippen molar-refractivity contribution in [3.8, 4) is 0 Å². The molecule has 1 nitrogen and oxygen atoms in total. The van der Waals surface area contributed by atoms with Gasteiger partial charge >= 0.3 is 0 Å². The summed E-state index contributed by atoms with van der Waals surface area (Å²) in [4.78, 5) is 0. The van der Waals surface area contributed by atoms with E-state index in [0.717, 1.165) is 21.1 Å². The first-order chi connectivity index (χ1) is 8.86. The van der Waals surface area contributed by atoms with Crippen molar-refractivity contribution in [1.82, 2.24) is 0 Å². The fourth-order valence-electron chi connectivity index (χ4n) is 2.93. The van der Waals surface area contributed by atoms with Crippen molar-refractivity contribution in [3.63, 3.8) is 0 Å². The van der Waals surface area contributed by atoms with Crippen LogP contribution >= 0.6 is 27.5 Å². The molecule has 0 atom stereocenters. The molecule has 0 spiro atoms. The maximum absolute atomic E-state index is 6.26. The molecule has 0 bridgehead atoms. The molecule has 0 radical (unpaired) electrons. The van der Waals surface area contributed by atoms with Gasteiger partial charge < -0.3 is 5.32 Å². The molecule has 1 aliphatic carbocycles. The molecule has 1 aromatic rings. The Kier molecular flexibility index (Phi) is 4.84. The third-order valence-corrected chi connectivity index (χ3v) is 5.05. The third-order valence-electron chi connectivity index (χ3n) is 4.24. The Labute approximate surface area is 130 Å². The first-order valence-corrected chi connectivity index (χ1v) is 8.25. The van der Waals surface area contributed by atoms with E-state index in [1.807, 2.05) is 12.1 Å². The van der Waals surface area contributed by atoms with Gasteiger partial charge in [0.2, 0.25) is 0 Å². The van der Waals surface area contributed by atoms with Gasteiger partial charge in [-0.15, -0.1) is 0 Å². The first kappa shape index (κ1) is 15.2. The molecule has 0 aromatic heterocycles. The fraction of sp³-hybridized carbons (Fsp3) is 0.625. The van der Waals surface area contributed by atoms with E-state index in [9.17, 15) is 0 Å². The van der Waals surface area contributed by atoms with Crippen molar-refractivity contribution in [2.24, 2.45) is 11.3 Å². The number of halogens is 2. The smallest absolute Gasteiger partial charge is 0.0648 e. The maximum atomic E-state index is 6.26. The van der Waals surface area contributed by atoms with Gasteiger partial charge in [-0.05, 0) is 55.2 Å². The molecule has 0 heterocycles. The standard InChI is InChI=1S/C16H23BrClN/c1-16(2,3)11-4-7-13(8-5-11)19-15-9-6-12(17)10-14(15)18/h6,9-11,13,19H,4-5,7-8H2,1-3H3. The van der Waals surface area contributed by atoms with Crippen LogP contribution in [0.3, 0.4) is 0 Å². The monoisotopic (exact) mass is 343 g/mol. The zero-order valence-corrected chi connectivity index (χ0v) is 14.3. The van der Waals surface area contributed by atoms with Gasteiger partial charge in [-0.3, -0.25) is 0 Å². The first-order valence-electron chi connectivity index (χ1n) is 7.08. The predicted octanol–water partition coefficient (Wildman–Crippen LogP) is 6.12. The lowest BCUT2D eigenvalue weighted by atomic mass is 9.71. The van der Waals surface area contributed by atoms with E-state index in [2.05, 4.69) is 48.1 Å². The van der Waals surface area contributed by atoms with Gasteiger partial charge in [0.25, 0.3) is 0 Å². The van der Waals surface area contributed by atoms with Gasteiger partial charge in [0, 0.05) is 10.5 Å². The highest BCUT2D eigenvalue weighted by atomic mass is 79.9. The fourth-order valence-corrected chi connectivity index (χ4v) is 3.66. The van der Waals surface area contributed by atoms with Crippen LogP contribution in [0.15, 0.2) is 22.7 Å². The average Bonchev–Trinajstić information content (AvgIpc) is 2.32. The summed E-state index contributed by atoms with van der Waals surface area (Å²) in [5.41, 5.74) is 1.50. The van der Waals surface area contributed by atoms with Crippen molar-refractivity contribution in [3.05, 3.63) is 27.7 Å². The van der Waals surface area contributed by atoms with Crippen molar-refractivity contribution < 1.29 is 0 Å². The summed E-state index contributed by atoms with van der Waals surface area (Å²) >= 11 is 9.70. The van der Waals surface area contributed by atoms with E-state index < -0.39 is 0 Å². The second kappa shape index (κ2) is 6.05. The van der Waals surface area contributed by atoms with Crippen LogP contribution in [0.5, 0.6) is 0 Å². The SMILES string of the molecule is CC(C)(C)C1CCC(Nc2ccc(Br)cc2Cl)CC1. The van der Waals surface area contributed by atoms with Gasteiger partial charge in [-0.2, -0.15) is 0 Å². The van der Waals surface area contributed by atoms with Crippen LogP contribution in [-0.4, -0.2) is 6.04 Å². The maximum Gasteiger partial charge on any atom is 0.0648 e. The molecule has 1 saturated carbocycles. The van der Waals surface area contributed by atoms with Gasteiger partial charge in [0.15, 0.2) is 0 Å². The van der Waals surface area contributed by atoms with Crippen LogP contribution in [0.1, 0.15) is 46.5 Å². The predicted molar refractivity (Wildman–Crippen MR) is 88.0 cm³/mol. The summed E-state index contributed by atoms with van der Waals surface area (Å²) in [5.74, 6) is 0.853. The minimum Gasteiger partial charge on any atom is -0.381 e. The van der Waals surface area contributed by atoms with Crippen LogP contribution in [0, 0.1) is 11.3 Å². The Morgan fingerprint density at radius 3 is 2.32 bits per heavy atom. The number of anilines is 1. The zero-order chi connectivity index (χ0) is 14.0. The average molecular weight is 345 g/mol. The molecule has 106 valence electrons. The Balaban J connectivity index is 1.92. The van der Waals surface area contributed by atoms with Crippen molar-refractivity contribution in [2.45, 2.75) is 52.5 Å². The number of hydrogen-bond donors (Lipinski definition) is 1. The van der Waals surface area contributed by atoms with Crippen molar-refractivity contribution >= 4 is 33.2 Å². The van der Waals surface area contributed by atoms with E-state index in [1.165, 1.54) is 25.7 Å². The molecule has 0 aliphatic heterocycles. The molecule has 0 saturated heterocycles.